The van der Waals surface area contributed by atoms with E-state index in [0.717, 1.165) is 18.2 Å². The second-order valence-electron chi connectivity index (χ2n) is 4.24. The van der Waals surface area contributed by atoms with Gasteiger partial charge in [0.05, 0.1) is 0 Å². The van der Waals surface area contributed by atoms with Gasteiger partial charge in [0.2, 0.25) is 0 Å². The van der Waals surface area contributed by atoms with Crippen LogP contribution in [0.3, 0.4) is 0 Å². The number of carbonyl (C=O) groups excluding carboxylic acids is 1. The lowest BCUT2D eigenvalue weighted by atomic mass is 10.1. The highest BCUT2D eigenvalue weighted by Crippen LogP contribution is 2.17. The molecule has 0 unspecified atom stereocenters. The minimum Gasteiger partial charge on any atom is -0.486 e. The third-order valence-corrected chi connectivity index (χ3v) is 2.75. The molecule has 5 heteroatoms. The van der Waals surface area contributed by atoms with Crippen molar-refractivity contribution in [3.63, 3.8) is 0 Å². The van der Waals surface area contributed by atoms with Crippen molar-refractivity contribution < 1.29 is 18.3 Å². The maximum Gasteiger partial charge on any atom is 0.174 e. The molecule has 2 nitrogen and oxygen atoms in total. The first-order chi connectivity index (χ1) is 9.52. The monoisotopic (exact) mass is 296 g/mol. The Hall–Kier alpha value is -1.94. The molecule has 0 aliphatic heterocycles. The fraction of sp³-hybridized carbons (Fsp3) is 0.133. The highest BCUT2D eigenvalue weighted by atomic mass is 35.5. The van der Waals surface area contributed by atoms with E-state index in [4.69, 9.17) is 16.3 Å². The lowest BCUT2D eigenvalue weighted by molar-refractivity contribution is -0.120. The normalized spacial score (nSPS) is 10.3. The summed E-state index contributed by atoms with van der Waals surface area (Å²) in [6.07, 6.45) is -0.0880. The number of Topliss-reactive ketones (excluding diaryl/α,β-unsaturated/α-hetero) is 1. The summed E-state index contributed by atoms with van der Waals surface area (Å²) < 4.78 is 31.2. The lowest BCUT2D eigenvalue weighted by Crippen LogP contribution is -2.14. The molecule has 0 aliphatic carbocycles. The number of benzene rings is 2. The van der Waals surface area contributed by atoms with Crippen molar-refractivity contribution in [2.75, 3.05) is 6.61 Å². The van der Waals surface area contributed by atoms with Crippen LogP contribution in [0.2, 0.25) is 5.02 Å². The van der Waals surface area contributed by atoms with Crippen LogP contribution in [0, 0.1) is 11.6 Å². The maximum absolute atomic E-state index is 13.0. The molecule has 0 radical (unpaired) electrons. The minimum atomic E-state index is -0.705. The highest BCUT2D eigenvalue weighted by Gasteiger charge is 2.08. The summed E-state index contributed by atoms with van der Waals surface area (Å²) in [4.78, 5) is 11.7. The van der Waals surface area contributed by atoms with E-state index < -0.39 is 11.6 Å². The molecule has 2 aromatic rings. The summed E-state index contributed by atoms with van der Waals surface area (Å²) in [5.41, 5.74) is 0.280. The summed E-state index contributed by atoms with van der Waals surface area (Å²) in [6, 6.07) is 9.64. The Morgan fingerprint density at radius 2 is 1.80 bits per heavy atom. The molecule has 0 aromatic heterocycles. The molecule has 0 amide bonds. The van der Waals surface area contributed by atoms with Crippen LogP contribution in [-0.4, -0.2) is 12.4 Å². The van der Waals surface area contributed by atoms with E-state index in [1.165, 1.54) is 0 Å². The quantitative estimate of drug-likeness (QED) is 0.838. The van der Waals surface area contributed by atoms with Gasteiger partial charge in [-0.15, -0.1) is 0 Å². The summed E-state index contributed by atoms with van der Waals surface area (Å²) in [6.45, 7) is -0.182. The number of rotatable bonds is 5. The molecule has 0 saturated carbocycles. The second-order valence-corrected chi connectivity index (χ2v) is 4.68. The highest BCUT2D eigenvalue weighted by molar-refractivity contribution is 6.30. The first-order valence-electron chi connectivity index (χ1n) is 5.88. The zero-order valence-corrected chi connectivity index (χ0v) is 11.2. The van der Waals surface area contributed by atoms with Gasteiger partial charge in [-0.25, -0.2) is 8.78 Å². The summed E-state index contributed by atoms with van der Waals surface area (Å²) in [7, 11) is 0. The molecule has 0 saturated heterocycles. The van der Waals surface area contributed by atoms with Crippen LogP contribution in [0.5, 0.6) is 5.75 Å². The number of ketones is 1. The van der Waals surface area contributed by atoms with Gasteiger partial charge in [-0.05, 0) is 35.9 Å². The largest absolute Gasteiger partial charge is 0.486 e. The van der Waals surface area contributed by atoms with Gasteiger partial charge in [-0.1, -0.05) is 17.7 Å². The predicted octanol–water partition coefficient (Wildman–Crippen LogP) is 3.81. The van der Waals surface area contributed by atoms with E-state index in [2.05, 4.69) is 0 Å². The van der Waals surface area contributed by atoms with Gasteiger partial charge in [0.25, 0.3) is 0 Å². The smallest absolute Gasteiger partial charge is 0.174 e. The Kier molecular flexibility index (Phi) is 4.69. The van der Waals surface area contributed by atoms with E-state index in [1.807, 2.05) is 0 Å². The fourth-order valence-electron chi connectivity index (χ4n) is 1.71. The lowest BCUT2D eigenvalue weighted by Gasteiger charge is -2.06. The molecule has 0 N–H and O–H groups in total. The SMILES string of the molecule is O=C(COc1cccc(Cl)c1)Cc1cc(F)cc(F)c1. The van der Waals surface area contributed by atoms with Crippen molar-refractivity contribution in [3.05, 3.63) is 64.7 Å². The molecular weight excluding hydrogens is 286 g/mol. The molecule has 0 heterocycles. The number of halogens is 3. The van der Waals surface area contributed by atoms with E-state index in [1.54, 1.807) is 24.3 Å². The molecule has 104 valence electrons. The van der Waals surface area contributed by atoms with Crippen molar-refractivity contribution in [3.8, 4) is 5.75 Å². The van der Waals surface area contributed by atoms with Crippen LogP contribution >= 0.6 is 11.6 Å². The summed E-state index contributed by atoms with van der Waals surface area (Å²) in [5, 5.41) is 0.502. The van der Waals surface area contributed by atoms with Gasteiger partial charge in [0.15, 0.2) is 5.78 Å². The number of ether oxygens (including phenoxy) is 1. The Bertz CT molecular complexity index is 609. The molecule has 0 spiro atoms. The zero-order chi connectivity index (χ0) is 14.5. The molecule has 0 aliphatic rings. The number of carbonyl (C=O) groups is 1. The van der Waals surface area contributed by atoms with Crippen molar-refractivity contribution >= 4 is 17.4 Å². The Balaban J connectivity index is 1.92. The molecule has 0 fully saturated rings. The van der Waals surface area contributed by atoms with E-state index >= 15 is 0 Å². The zero-order valence-electron chi connectivity index (χ0n) is 10.4. The standard InChI is InChI=1S/C15H11ClF2O2/c16-11-2-1-3-15(7-11)20-9-14(19)6-10-4-12(17)8-13(18)5-10/h1-5,7-8H,6,9H2. The van der Waals surface area contributed by atoms with E-state index in [0.29, 0.717) is 10.8 Å². The molecule has 0 bridgehead atoms. The number of hydrogen-bond donors (Lipinski definition) is 0. The van der Waals surface area contributed by atoms with Crippen molar-refractivity contribution in [2.45, 2.75) is 6.42 Å². The van der Waals surface area contributed by atoms with Crippen molar-refractivity contribution in [1.82, 2.24) is 0 Å². The van der Waals surface area contributed by atoms with Crippen LogP contribution in [0.15, 0.2) is 42.5 Å². The van der Waals surface area contributed by atoms with Crippen LogP contribution in [-0.2, 0) is 11.2 Å². The molecule has 2 rings (SSSR count). The van der Waals surface area contributed by atoms with Crippen LogP contribution in [0.1, 0.15) is 5.56 Å². The molecular formula is C15H11ClF2O2. The van der Waals surface area contributed by atoms with E-state index in [-0.39, 0.29) is 24.4 Å². The van der Waals surface area contributed by atoms with Gasteiger partial charge in [0, 0.05) is 17.5 Å². The molecule has 0 atom stereocenters. The fourth-order valence-corrected chi connectivity index (χ4v) is 1.89. The minimum absolute atomic E-state index is 0.0880. The number of hydrogen-bond acceptors (Lipinski definition) is 2. The Morgan fingerprint density at radius 1 is 1.10 bits per heavy atom. The molecule has 2 aromatic carbocycles. The average Bonchev–Trinajstić information content (AvgIpc) is 2.35. The van der Waals surface area contributed by atoms with Gasteiger partial charge in [0.1, 0.15) is 24.0 Å². The van der Waals surface area contributed by atoms with Gasteiger partial charge >= 0.3 is 0 Å². The second kappa shape index (κ2) is 6.48. The van der Waals surface area contributed by atoms with Crippen LogP contribution in [0.25, 0.3) is 0 Å². The van der Waals surface area contributed by atoms with Gasteiger partial charge < -0.3 is 4.74 Å². The Labute approximate surface area is 119 Å². The summed E-state index contributed by atoms with van der Waals surface area (Å²) in [5.74, 6) is -1.22. The summed E-state index contributed by atoms with van der Waals surface area (Å²) >= 11 is 5.78. The van der Waals surface area contributed by atoms with Crippen molar-refractivity contribution in [2.24, 2.45) is 0 Å². The maximum atomic E-state index is 13.0. The molecule has 20 heavy (non-hydrogen) atoms. The third-order valence-electron chi connectivity index (χ3n) is 2.52. The van der Waals surface area contributed by atoms with E-state index in [9.17, 15) is 13.6 Å². The third kappa shape index (κ3) is 4.31. The predicted molar refractivity (Wildman–Crippen MR) is 72.0 cm³/mol. The van der Waals surface area contributed by atoms with Crippen LogP contribution in [0.4, 0.5) is 8.78 Å². The first-order valence-corrected chi connectivity index (χ1v) is 6.26. The van der Waals surface area contributed by atoms with Gasteiger partial charge in [-0.2, -0.15) is 0 Å². The van der Waals surface area contributed by atoms with Crippen LogP contribution < -0.4 is 4.74 Å². The first kappa shape index (κ1) is 14.5. The topological polar surface area (TPSA) is 26.3 Å². The van der Waals surface area contributed by atoms with Gasteiger partial charge in [-0.3, -0.25) is 4.79 Å². The van der Waals surface area contributed by atoms with Crippen molar-refractivity contribution in [1.29, 1.82) is 0 Å². The average molecular weight is 297 g/mol. The Morgan fingerprint density at radius 3 is 2.45 bits per heavy atom.